The first-order chi connectivity index (χ1) is 9.30. The Hall–Kier alpha value is -0.381. The Morgan fingerprint density at radius 2 is 1.85 bits per heavy atom. The second-order valence-corrected chi connectivity index (χ2v) is 11.4. The molecule has 0 radical (unpaired) electrons. The van der Waals surface area contributed by atoms with E-state index in [0.717, 1.165) is 19.3 Å². The number of hydrogen-bond donors (Lipinski definition) is 3. The maximum atomic E-state index is 10.7. The number of rotatable bonds is 3. The fourth-order valence-electron chi connectivity index (χ4n) is 4.46. The first-order valence-corrected chi connectivity index (χ1v) is 10.9. The molecular formula is C16H24O3Se. The van der Waals surface area contributed by atoms with Crippen molar-refractivity contribution in [3.63, 3.8) is 0 Å². The zero-order valence-electron chi connectivity index (χ0n) is 12.1. The Labute approximate surface area is 123 Å². The maximum absolute atomic E-state index is 10.7. The van der Waals surface area contributed by atoms with Gasteiger partial charge in [0, 0.05) is 0 Å². The number of fused-ring (bicyclic) bond motifs is 2. The van der Waals surface area contributed by atoms with E-state index in [9.17, 15) is 13.5 Å². The van der Waals surface area contributed by atoms with Gasteiger partial charge in [-0.3, -0.25) is 0 Å². The third-order valence-corrected chi connectivity index (χ3v) is 10.0. The van der Waals surface area contributed by atoms with Crippen LogP contribution in [0.5, 0.6) is 0 Å². The van der Waals surface area contributed by atoms with Gasteiger partial charge >= 0.3 is 123 Å². The van der Waals surface area contributed by atoms with Gasteiger partial charge in [-0.15, -0.1) is 0 Å². The van der Waals surface area contributed by atoms with Crippen molar-refractivity contribution in [2.75, 3.05) is 0 Å². The van der Waals surface area contributed by atoms with Crippen LogP contribution >= 0.6 is 0 Å². The second kappa shape index (κ2) is 4.56. The second-order valence-electron chi connectivity index (χ2n) is 6.99. The summed E-state index contributed by atoms with van der Waals surface area (Å²) in [7, 11) is 0. The summed E-state index contributed by atoms with van der Waals surface area (Å²) in [6.07, 6.45) is 2.44. The van der Waals surface area contributed by atoms with Gasteiger partial charge < -0.3 is 0 Å². The predicted molar refractivity (Wildman–Crippen MR) is 80.6 cm³/mol. The van der Waals surface area contributed by atoms with Crippen LogP contribution in [-0.2, 0) is 0 Å². The van der Waals surface area contributed by atoms with Crippen molar-refractivity contribution < 1.29 is 13.5 Å². The van der Waals surface area contributed by atoms with Crippen LogP contribution in [0.4, 0.5) is 0 Å². The van der Waals surface area contributed by atoms with Crippen molar-refractivity contribution in [2.24, 2.45) is 16.7 Å². The molecule has 4 heteroatoms. The third-order valence-electron chi connectivity index (χ3n) is 5.97. The van der Waals surface area contributed by atoms with Crippen LogP contribution in [0.25, 0.3) is 0 Å². The molecule has 0 saturated heterocycles. The average Bonchev–Trinajstić information content (AvgIpc) is 2.73. The molecule has 0 unspecified atom stereocenters. The van der Waals surface area contributed by atoms with Crippen molar-refractivity contribution in [2.45, 2.75) is 44.5 Å². The fraction of sp³-hybridized carbons (Fsp3) is 0.625. The molecule has 0 heterocycles. The Morgan fingerprint density at radius 3 is 2.35 bits per heavy atom. The Balaban J connectivity index is 1.94. The third kappa shape index (κ3) is 1.90. The molecule has 0 aromatic heterocycles. The van der Waals surface area contributed by atoms with Gasteiger partial charge in [0.25, 0.3) is 0 Å². The van der Waals surface area contributed by atoms with E-state index in [1.807, 2.05) is 18.2 Å². The number of hydrogen-bond acceptors (Lipinski definition) is 3. The summed E-state index contributed by atoms with van der Waals surface area (Å²) in [4.78, 5) is 0. The molecule has 0 amide bonds. The summed E-state index contributed by atoms with van der Waals surface area (Å²) in [5.41, 5.74) is -0.327. The molecular weight excluding hydrogens is 319 g/mol. The molecule has 0 spiro atoms. The van der Waals surface area contributed by atoms with Gasteiger partial charge in [-0.25, -0.2) is 0 Å². The van der Waals surface area contributed by atoms with Gasteiger partial charge in [0.1, 0.15) is 0 Å². The van der Waals surface area contributed by atoms with Crippen molar-refractivity contribution in [1.29, 1.82) is 0 Å². The first kappa shape index (κ1) is 14.6. The molecule has 2 bridgehead atoms. The van der Waals surface area contributed by atoms with E-state index in [2.05, 4.69) is 13.8 Å². The van der Waals surface area contributed by atoms with E-state index in [1.54, 1.807) is 12.1 Å². The summed E-state index contributed by atoms with van der Waals surface area (Å²) >= 11 is -3.70. The molecule has 3 atom stereocenters. The number of aliphatic hydroxyl groups excluding tert-OH is 1. The molecule has 20 heavy (non-hydrogen) atoms. The van der Waals surface area contributed by atoms with Gasteiger partial charge in [0.2, 0.25) is 0 Å². The van der Waals surface area contributed by atoms with Gasteiger partial charge in [0.05, 0.1) is 0 Å². The molecule has 2 aliphatic rings. The molecule has 3 rings (SSSR count). The van der Waals surface area contributed by atoms with Crippen LogP contribution in [0.3, 0.4) is 0 Å². The molecule has 112 valence electrons. The van der Waals surface area contributed by atoms with Crippen molar-refractivity contribution in [1.82, 2.24) is 0 Å². The van der Waals surface area contributed by atoms with E-state index < -0.39 is 19.6 Å². The van der Waals surface area contributed by atoms with Crippen LogP contribution < -0.4 is 4.46 Å². The van der Waals surface area contributed by atoms with Crippen LogP contribution in [0.1, 0.15) is 33.1 Å². The van der Waals surface area contributed by atoms with Crippen molar-refractivity contribution >= 4 is 18.0 Å². The zero-order chi connectivity index (χ0) is 14.6. The van der Waals surface area contributed by atoms with Crippen LogP contribution in [0, 0.1) is 16.7 Å². The summed E-state index contributed by atoms with van der Waals surface area (Å²) < 4.78 is 22.1. The molecule has 2 saturated carbocycles. The minimum atomic E-state index is -3.70. The summed E-state index contributed by atoms with van der Waals surface area (Å²) in [6.45, 7) is 4.39. The quantitative estimate of drug-likeness (QED) is 0.729. The molecule has 1 aromatic carbocycles. The Kier molecular flexibility index (Phi) is 3.31. The normalized spacial score (nSPS) is 36.2. The average molecular weight is 343 g/mol. The van der Waals surface area contributed by atoms with Gasteiger partial charge in [0.15, 0.2) is 0 Å². The van der Waals surface area contributed by atoms with Crippen LogP contribution in [-0.4, -0.2) is 33.1 Å². The Bertz CT molecular complexity index is 500. The SMILES string of the molecule is CC1(C)[C@@H]2CC[C@@]1(C[Se](O)(O)c1ccccc1)[C@H](O)C2. The molecule has 3 N–H and O–H groups in total. The molecule has 2 fully saturated rings. The number of benzene rings is 1. The molecule has 3 nitrogen and oxygen atoms in total. The van der Waals surface area contributed by atoms with Crippen LogP contribution in [0.15, 0.2) is 30.3 Å². The predicted octanol–water partition coefficient (Wildman–Crippen LogP) is 1.51. The van der Waals surface area contributed by atoms with E-state index in [-0.39, 0.29) is 10.8 Å². The molecule has 1 aromatic rings. The summed E-state index contributed by atoms with van der Waals surface area (Å²) in [6, 6.07) is 9.18. The van der Waals surface area contributed by atoms with Gasteiger partial charge in [-0.05, 0) is 0 Å². The van der Waals surface area contributed by atoms with Crippen molar-refractivity contribution in [3.8, 4) is 0 Å². The summed E-state index contributed by atoms with van der Waals surface area (Å²) in [5, 5.41) is 10.9. The van der Waals surface area contributed by atoms with E-state index >= 15 is 0 Å². The van der Waals surface area contributed by atoms with Crippen molar-refractivity contribution in [3.05, 3.63) is 30.3 Å². The van der Waals surface area contributed by atoms with E-state index in [4.69, 9.17) is 0 Å². The van der Waals surface area contributed by atoms with Crippen LogP contribution in [0.2, 0.25) is 5.32 Å². The number of aliphatic hydroxyl groups is 1. The monoisotopic (exact) mass is 344 g/mol. The summed E-state index contributed by atoms with van der Waals surface area (Å²) in [5.74, 6) is 0.515. The topological polar surface area (TPSA) is 60.7 Å². The van der Waals surface area contributed by atoms with Gasteiger partial charge in [-0.2, -0.15) is 0 Å². The fourth-order valence-corrected chi connectivity index (χ4v) is 9.05. The minimum absolute atomic E-state index is 0.00468. The first-order valence-electron chi connectivity index (χ1n) is 7.29. The standard InChI is InChI=1S/C16H24O3Se/c1-15(2)12-8-9-16(15,14(17)10-12)11-20(18,19)13-6-4-3-5-7-13/h3-7,12,14,17-19H,8-11H2,1-2H3/t12-,14-,16-/m1/s1. The molecule has 2 aliphatic carbocycles. The van der Waals surface area contributed by atoms with E-state index in [0.29, 0.717) is 15.7 Å². The zero-order valence-corrected chi connectivity index (χ0v) is 13.8. The molecule has 0 aliphatic heterocycles. The van der Waals surface area contributed by atoms with Gasteiger partial charge in [-0.1, -0.05) is 0 Å². The van der Waals surface area contributed by atoms with E-state index in [1.165, 1.54) is 0 Å². The Morgan fingerprint density at radius 1 is 1.20 bits per heavy atom.